The summed E-state index contributed by atoms with van der Waals surface area (Å²) in [4.78, 5) is 13.2. The van der Waals surface area contributed by atoms with Crippen LogP contribution >= 0.6 is 0 Å². The van der Waals surface area contributed by atoms with Crippen LogP contribution in [-0.4, -0.2) is 19.4 Å². The van der Waals surface area contributed by atoms with Crippen molar-refractivity contribution < 1.29 is 4.79 Å². The predicted octanol–water partition coefficient (Wildman–Crippen LogP) is 1.32. The van der Waals surface area contributed by atoms with Crippen LogP contribution in [0.25, 0.3) is 0 Å². The van der Waals surface area contributed by atoms with Gasteiger partial charge < -0.3 is 4.90 Å². The molecule has 0 bridgehead atoms. The van der Waals surface area contributed by atoms with Crippen molar-refractivity contribution in [2.45, 2.75) is 0 Å². The second-order valence-electron chi connectivity index (χ2n) is 2.80. The molecule has 0 atom stereocenters. The van der Waals surface area contributed by atoms with Crippen LogP contribution in [0, 0.1) is 0 Å². The smallest absolute Gasteiger partial charge is 0.184 e. The molecule has 2 rings (SSSR count). The summed E-state index contributed by atoms with van der Waals surface area (Å²) < 4.78 is 0. The maximum atomic E-state index is 11.2. The van der Waals surface area contributed by atoms with Gasteiger partial charge in [-0.2, -0.15) is 0 Å². The lowest BCUT2D eigenvalue weighted by Crippen LogP contribution is -2.15. The molecular formula is C9H9NO. The normalized spacial score (nSPS) is 15.4. The maximum absolute atomic E-state index is 11.2. The molecule has 0 spiro atoms. The van der Waals surface area contributed by atoms with E-state index in [1.165, 1.54) is 0 Å². The first kappa shape index (κ1) is 6.40. The highest BCUT2D eigenvalue weighted by molar-refractivity contribution is 6.08. The van der Waals surface area contributed by atoms with Crippen molar-refractivity contribution in [1.82, 2.24) is 0 Å². The van der Waals surface area contributed by atoms with Crippen LogP contribution in [0.3, 0.4) is 0 Å². The zero-order valence-electron chi connectivity index (χ0n) is 6.37. The molecule has 2 heteroatoms. The number of nitrogens with zero attached hydrogens (tertiary/aromatic N) is 1. The summed E-state index contributed by atoms with van der Waals surface area (Å²) in [5, 5.41) is 0. The van der Waals surface area contributed by atoms with Gasteiger partial charge in [0.1, 0.15) is 0 Å². The molecule has 0 aromatic heterocycles. The van der Waals surface area contributed by atoms with E-state index in [0.717, 1.165) is 11.3 Å². The van der Waals surface area contributed by atoms with Gasteiger partial charge in [0.2, 0.25) is 0 Å². The molecule has 1 aliphatic heterocycles. The van der Waals surface area contributed by atoms with Gasteiger partial charge in [0, 0.05) is 18.3 Å². The molecule has 0 amide bonds. The Morgan fingerprint density at radius 3 is 2.82 bits per heavy atom. The Morgan fingerprint density at radius 1 is 1.36 bits per heavy atom. The summed E-state index contributed by atoms with van der Waals surface area (Å²) >= 11 is 0. The molecule has 11 heavy (non-hydrogen) atoms. The van der Waals surface area contributed by atoms with E-state index in [-0.39, 0.29) is 5.78 Å². The molecule has 0 unspecified atom stereocenters. The number of Topliss-reactive ketones (excluding diaryl/α,β-unsaturated/α-hetero) is 1. The second kappa shape index (κ2) is 2.09. The largest absolute Gasteiger partial charge is 0.366 e. The van der Waals surface area contributed by atoms with Crippen LogP contribution in [0.5, 0.6) is 0 Å². The van der Waals surface area contributed by atoms with Gasteiger partial charge >= 0.3 is 0 Å². The first-order valence-electron chi connectivity index (χ1n) is 3.62. The average molecular weight is 147 g/mol. The van der Waals surface area contributed by atoms with Gasteiger partial charge in [0.15, 0.2) is 5.78 Å². The molecule has 0 fully saturated rings. The Kier molecular flexibility index (Phi) is 1.22. The number of anilines is 1. The summed E-state index contributed by atoms with van der Waals surface area (Å²) in [5.41, 5.74) is 1.91. The lowest BCUT2D eigenvalue weighted by atomic mass is 10.1. The number of rotatable bonds is 0. The minimum atomic E-state index is 0.225. The highest BCUT2D eigenvalue weighted by atomic mass is 16.1. The standard InChI is InChI=1S/C9H9NO/c1-10-6-9(11)7-4-2-3-5-8(7)10/h2-5H,6H2,1H3. The van der Waals surface area contributed by atoms with Crippen LogP contribution in [0.15, 0.2) is 24.3 Å². The van der Waals surface area contributed by atoms with Gasteiger partial charge in [-0.1, -0.05) is 12.1 Å². The lowest BCUT2D eigenvalue weighted by Gasteiger charge is -2.08. The van der Waals surface area contributed by atoms with Crippen LogP contribution in [0.1, 0.15) is 10.4 Å². The minimum Gasteiger partial charge on any atom is -0.366 e. The number of carbonyl (C=O) groups is 1. The van der Waals surface area contributed by atoms with Gasteiger partial charge in [-0.25, -0.2) is 0 Å². The molecular weight excluding hydrogens is 138 g/mol. The van der Waals surface area contributed by atoms with E-state index < -0.39 is 0 Å². The quantitative estimate of drug-likeness (QED) is 0.551. The summed E-state index contributed by atoms with van der Waals surface area (Å²) in [6.07, 6.45) is 0. The van der Waals surface area contributed by atoms with Crippen molar-refractivity contribution in [2.75, 3.05) is 18.5 Å². The Morgan fingerprint density at radius 2 is 2.09 bits per heavy atom. The number of para-hydroxylation sites is 1. The Labute approximate surface area is 65.4 Å². The zero-order chi connectivity index (χ0) is 7.84. The van der Waals surface area contributed by atoms with E-state index in [1.807, 2.05) is 36.2 Å². The molecule has 2 nitrogen and oxygen atoms in total. The first-order chi connectivity index (χ1) is 5.29. The molecule has 0 aliphatic carbocycles. The van der Waals surface area contributed by atoms with Crippen LogP contribution in [-0.2, 0) is 0 Å². The van der Waals surface area contributed by atoms with Crippen molar-refractivity contribution in [3.8, 4) is 0 Å². The van der Waals surface area contributed by atoms with Gasteiger partial charge in [-0.05, 0) is 12.1 Å². The lowest BCUT2D eigenvalue weighted by molar-refractivity contribution is 0.101. The molecule has 0 saturated carbocycles. The van der Waals surface area contributed by atoms with Crippen molar-refractivity contribution >= 4 is 11.5 Å². The Balaban J connectivity index is 2.60. The van der Waals surface area contributed by atoms with Gasteiger partial charge in [0.05, 0.1) is 6.54 Å². The molecule has 1 aliphatic rings. The van der Waals surface area contributed by atoms with E-state index in [9.17, 15) is 4.79 Å². The van der Waals surface area contributed by atoms with E-state index in [1.54, 1.807) is 0 Å². The summed E-state index contributed by atoms with van der Waals surface area (Å²) in [5.74, 6) is 0.225. The molecule has 56 valence electrons. The third-order valence-electron chi connectivity index (χ3n) is 2.00. The van der Waals surface area contributed by atoms with Crippen LogP contribution in [0.4, 0.5) is 5.69 Å². The number of benzene rings is 1. The van der Waals surface area contributed by atoms with Gasteiger partial charge in [0.25, 0.3) is 0 Å². The Bertz CT molecular complexity index is 306. The Hall–Kier alpha value is -1.31. The monoisotopic (exact) mass is 147 g/mol. The number of carbonyl (C=O) groups excluding carboxylic acids is 1. The van der Waals surface area contributed by atoms with Crippen molar-refractivity contribution in [3.05, 3.63) is 29.8 Å². The molecule has 0 radical (unpaired) electrons. The topological polar surface area (TPSA) is 20.3 Å². The van der Waals surface area contributed by atoms with Gasteiger partial charge in [-0.15, -0.1) is 0 Å². The van der Waals surface area contributed by atoms with Crippen molar-refractivity contribution in [3.63, 3.8) is 0 Å². The summed E-state index contributed by atoms with van der Waals surface area (Å²) in [6, 6.07) is 7.70. The zero-order valence-corrected chi connectivity index (χ0v) is 6.37. The number of ketones is 1. The maximum Gasteiger partial charge on any atom is 0.184 e. The SMILES string of the molecule is CN1CC(=O)c2ccccc21. The highest BCUT2D eigenvalue weighted by Gasteiger charge is 2.22. The van der Waals surface area contributed by atoms with Gasteiger partial charge in [-0.3, -0.25) is 4.79 Å². The second-order valence-corrected chi connectivity index (χ2v) is 2.80. The fourth-order valence-electron chi connectivity index (χ4n) is 1.43. The van der Waals surface area contributed by atoms with Crippen molar-refractivity contribution in [2.24, 2.45) is 0 Å². The van der Waals surface area contributed by atoms with Crippen molar-refractivity contribution in [1.29, 1.82) is 0 Å². The minimum absolute atomic E-state index is 0.225. The predicted molar refractivity (Wildman–Crippen MR) is 44.0 cm³/mol. The first-order valence-corrected chi connectivity index (χ1v) is 3.62. The van der Waals surface area contributed by atoms with Crippen LogP contribution < -0.4 is 4.90 Å². The number of fused-ring (bicyclic) bond motifs is 1. The molecule has 1 heterocycles. The molecule has 1 aromatic rings. The fraction of sp³-hybridized carbons (Fsp3) is 0.222. The molecule has 0 N–H and O–H groups in total. The number of hydrogen-bond acceptors (Lipinski definition) is 2. The van der Waals surface area contributed by atoms with E-state index in [2.05, 4.69) is 0 Å². The number of hydrogen-bond donors (Lipinski definition) is 0. The average Bonchev–Trinajstić information content (AvgIpc) is 2.30. The third kappa shape index (κ3) is 0.827. The number of likely N-dealkylation sites (N-methyl/N-ethyl adjacent to an activating group) is 1. The van der Waals surface area contributed by atoms with E-state index in [0.29, 0.717) is 6.54 Å². The van der Waals surface area contributed by atoms with E-state index in [4.69, 9.17) is 0 Å². The van der Waals surface area contributed by atoms with Crippen LogP contribution in [0.2, 0.25) is 0 Å². The highest BCUT2D eigenvalue weighted by Crippen LogP contribution is 2.25. The third-order valence-corrected chi connectivity index (χ3v) is 2.00. The van der Waals surface area contributed by atoms with E-state index >= 15 is 0 Å². The fourth-order valence-corrected chi connectivity index (χ4v) is 1.43. The molecule has 0 saturated heterocycles. The summed E-state index contributed by atoms with van der Waals surface area (Å²) in [7, 11) is 1.93. The summed E-state index contributed by atoms with van der Waals surface area (Å²) in [6.45, 7) is 0.527. The molecule has 1 aromatic carbocycles.